The third-order valence-electron chi connectivity index (χ3n) is 4.68. The van der Waals surface area contributed by atoms with E-state index in [0.29, 0.717) is 18.0 Å². The number of nitrogens with one attached hydrogen (secondary N) is 2. The minimum atomic E-state index is -1.36. The molecule has 0 radical (unpaired) electrons. The van der Waals surface area contributed by atoms with Gasteiger partial charge in [0, 0.05) is 5.69 Å². The molecule has 1 fully saturated rings. The summed E-state index contributed by atoms with van der Waals surface area (Å²) in [5, 5.41) is 33.0. The van der Waals surface area contributed by atoms with Crippen molar-refractivity contribution in [2.24, 2.45) is 0 Å². The molecule has 5 N–H and O–H groups in total. The molecule has 0 aliphatic carbocycles. The van der Waals surface area contributed by atoms with E-state index in [4.69, 9.17) is 9.47 Å². The fourth-order valence-corrected chi connectivity index (χ4v) is 3.27. The number of rotatable bonds is 6. The number of H-pyrrole nitrogens is 1. The van der Waals surface area contributed by atoms with Crippen molar-refractivity contribution in [3.8, 4) is 5.75 Å². The first kappa shape index (κ1) is 19.3. The molecule has 4 atom stereocenters. The molecule has 0 amide bonds. The molecule has 0 unspecified atom stereocenters. The van der Waals surface area contributed by atoms with Crippen molar-refractivity contribution < 1.29 is 24.8 Å². The average molecular weight is 403 g/mol. The number of aromatic amines is 1. The molecule has 3 aromatic rings. The maximum atomic E-state index is 12.2. The van der Waals surface area contributed by atoms with Crippen LogP contribution in [0, 0.1) is 0 Å². The molecule has 1 aliphatic rings. The second-order valence-electron chi connectivity index (χ2n) is 6.52. The van der Waals surface area contributed by atoms with Crippen molar-refractivity contribution >= 4 is 22.8 Å². The number of hydrogen-bond acceptors (Lipinski definition) is 9. The molecule has 1 aliphatic heterocycles. The van der Waals surface area contributed by atoms with Crippen LogP contribution in [0.25, 0.3) is 11.2 Å². The van der Waals surface area contributed by atoms with Gasteiger partial charge in [0.05, 0.1) is 19.5 Å². The standard InChI is InChI=1S/C18H21N5O6/c1-2-28-10-5-3-9(4-6-10)21-18-22-12-15(19-8-20-16(12)27)23(18)17-14(26)13(25)11(7-24)29-17/h3-6,8,11,13-14,17,24-26H,2,7H2,1H3,(H,21,22)(H,19,20,27)/t11-,13+,14+,17-/m0/s1. The number of anilines is 2. The molecular formula is C18H21N5O6. The molecule has 0 spiro atoms. The molecule has 11 heteroatoms. The zero-order valence-electron chi connectivity index (χ0n) is 15.5. The number of aromatic nitrogens is 4. The zero-order valence-corrected chi connectivity index (χ0v) is 15.5. The van der Waals surface area contributed by atoms with Crippen LogP contribution in [0.4, 0.5) is 11.6 Å². The van der Waals surface area contributed by atoms with Gasteiger partial charge in [0.2, 0.25) is 5.95 Å². The van der Waals surface area contributed by atoms with Gasteiger partial charge in [-0.2, -0.15) is 0 Å². The van der Waals surface area contributed by atoms with E-state index in [0.717, 1.165) is 0 Å². The Kier molecular flexibility index (Phi) is 5.20. The van der Waals surface area contributed by atoms with E-state index < -0.39 is 36.7 Å². The van der Waals surface area contributed by atoms with Crippen molar-refractivity contribution in [2.45, 2.75) is 31.5 Å². The summed E-state index contributed by atoms with van der Waals surface area (Å²) in [7, 11) is 0. The molecule has 1 saturated heterocycles. The Balaban J connectivity index is 1.76. The van der Waals surface area contributed by atoms with Crippen LogP contribution in [0.1, 0.15) is 13.2 Å². The number of ether oxygens (including phenoxy) is 2. The van der Waals surface area contributed by atoms with Crippen molar-refractivity contribution in [1.82, 2.24) is 19.5 Å². The first-order valence-corrected chi connectivity index (χ1v) is 9.11. The summed E-state index contributed by atoms with van der Waals surface area (Å²) in [5.41, 5.74) is 0.388. The minimum absolute atomic E-state index is 0.0404. The van der Waals surface area contributed by atoms with Crippen LogP contribution < -0.4 is 15.6 Å². The lowest BCUT2D eigenvalue weighted by atomic mass is 10.1. The monoisotopic (exact) mass is 403 g/mol. The number of imidazole rings is 1. The van der Waals surface area contributed by atoms with Crippen LogP contribution in [0.3, 0.4) is 0 Å². The van der Waals surface area contributed by atoms with Crippen molar-refractivity contribution in [3.05, 3.63) is 40.9 Å². The van der Waals surface area contributed by atoms with Crippen LogP contribution in [-0.2, 0) is 4.74 Å². The number of aliphatic hydroxyl groups excluding tert-OH is 3. The summed E-state index contributed by atoms with van der Waals surface area (Å²) in [6, 6.07) is 7.08. The Morgan fingerprint density at radius 2 is 2.03 bits per heavy atom. The highest BCUT2D eigenvalue weighted by Gasteiger charge is 2.45. The van der Waals surface area contributed by atoms with Gasteiger partial charge in [-0.15, -0.1) is 0 Å². The lowest BCUT2D eigenvalue weighted by Crippen LogP contribution is -2.33. The Morgan fingerprint density at radius 3 is 2.69 bits per heavy atom. The molecule has 11 nitrogen and oxygen atoms in total. The van der Waals surface area contributed by atoms with Gasteiger partial charge in [-0.05, 0) is 31.2 Å². The van der Waals surface area contributed by atoms with Gasteiger partial charge in [-0.3, -0.25) is 9.36 Å². The van der Waals surface area contributed by atoms with Gasteiger partial charge < -0.3 is 35.1 Å². The van der Waals surface area contributed by atoms with E-state index in [-0.39, 0.29) is 17.1 Å². The largest absolute Gasteiger partial charge is 0.494 e. The maximum Gasteiger partial charge on any atom is 0.278 e. The molecule has 29 heavy (non-hydrogen) atoms. The van der Waals surface area contributed by atoms with E-state index in [9.17, 15) is 20.1 Å². The Morgan fingerprint density at radius 1 is 1.28 bits per heavy atom. The summed E-state index contributed by atoms with van der Waals surface area (Å²) in [6.45, 7) is 1.96. The second kappa shape index (κ2) is 7.79. The fourth-order valence-electron chi connectivity index (χ4n) is 3.27. The van der Waals surface area contributed by atoms with Crippen LogP contribution in [0.2, 0.25) is 0 Å². The van der Waals surface area contributed by atoms with Gasteiger partial charge in [-0.25, -0.2) is 9.97 Å². The quantitative estimate of drug-likeness (QED) is 0.379. The number of aliphatic hydroxyl groups is 3. The van der Waals surface area contributed by atoms with E-state index in [1.165, 1.54) is 10.9 Å². The fraction of sp³-hybridized carbons (Fsp3) is 0.389. The van der Waals surface area contributed by atoms with Gasteiger partial charge in [-0.1, -0.05) is 0 Å². The predicted molar refractivity (Wildman–Crippen MR) is 102 cm³/mol. The zero-order chi connectivity index (χ0) is 20.5. The third-order valence-corrected chi connectivity index (χ3v) is 4.68. The lowest BCUT2D eigenvalue weighted by molar-refractivity contribution is -0.0501. The van der Waals surface area contributed by atoms with Crippen molar-refractivity contribution in [3.63, 3.8) is 0 Å². The summed E-state index contributed by atoms with van der Waals surface area (Å²) < 4.78 is 12.4. The highest BCUT2D eigenvalue weighted by molar-refractivity contribution is 5.75. The molecule has 1 aromatic carbocycles. The number of fused-ring (bicyclic) bond motifs is 1. The molecule has 154 valence electrons. The van der Waals surface area contributed by atoms with Gasteiger partial charge in [0.1, 0.15) is 24.1 Å². The molecule has 4 rings (SSSR count). The second-order valence-corrected chi connectivity index (χ2v) is 6.52. The number of benzene rings is 1. The van der Waals surface area contributed by atoms with Crippen LogP contribution in [-0.4, -0.2) is 66.4 Å². The third kappa shape index (κ3) is 3.44. The highest BCUT2D eigenvalue weighted by atomic mass is 16.6. The summed E-state index contributed by atoms with van der Waals surface area (Å²) in [4.78, 5) is 23.1. The topological polar surface area (TPSA) is 155 Å². The average Bonchev–Trinajstić information content (AvgIpc) is 3.22. The Labute approximate surface area is 164 Å². The SMILES string of the molecule is CCOc1ccc(Nc2nc3c(=O)[nH]cnc3n2[C@H]2O[C@@H](CO)[C@@H](O)[C@H]2O)cc1. The number of hydrogen-bond donors (Lipinski definition) is 5. The normalized spacial score (nSPS) is 24.1. The summed E-state index contributed by atoms with van der Waals surface area (Å²) in [5.74, 6) is 0.885. The minimum Gasteiger partial charge on any atom is -0.494 e. The van der Waals surface area contributed by atoms with E-state index >= 15 is 0 Å². The Hall–Kier alpha value is -2.99. The van der Waals surface area contributed by atoms with Crippen molar-refractivity contribution in [2.75, 3.05) is 18.5 Å². The van der Waals surface area contributed by atoms with Gasteiger partial charge in [0.25, 0.3) is 5.56 Å². The number of nitrogens with zero attached hydrogens (tertiary/aromatic N) is 3. The van der Waals surface area contributed by atoms with Crippen LogP contribution in [0.5, 0.6) is 5.75 Å². The highest BCUT2D eigenvalue weighted by Crippen LogP contribution is 2.34. The predicted octanol–water partition coefficient (Wildman–Crippen LogP) is -0.127. The van der Waals surface area contributed by atoms with Crippen molar-refractivity contribution in [1.29, 1.82) is 0 Å². The summed E-state index contributed by atoms with van der Waals surface area (Å²) in [6.07, 6.45) is -3.53. The van der Waals surface area contributed by atoms with Gasteiger partial charge in [0.15, 0.2) is 17.4 Å². The van der Waals surface area contributed by atoms with E-state index in [1.807, 2.05) is 6.92 Å². The molecule has 2 aromatic heterocycles. The van der Waals surface area contributed by atoms with Gasteiger partial charge >= 0.3 is 0 Å². The first-order valence-electron chi connectivity index (χ1n) is 9.11. The first-order chi connectivity index (χ1) is 14.0. The lowest BCUT2D eigenvalue weighted by Gasteiger charge is -2.19. The smallest absolute Gasteiger partial charge is 0.278 e. The molecule has 0 bridgehead atoms. The molecule has 3 heterocycles. The molecular weight excluding hydrogens is 382 g/mol. The van der Waals surface area contributed by atoms with Crippen LogP contribution >= 0.6 is 0 Å². The molecule has 0 saturated carbocycles. The van der Waals surface area contributed by atoms with E-state index in [2.05, 4.69) is 20.3 Å². The summed E-state index contributed by atoms with van der Waals surface area (Å²) >= 11 is 0. The van der Waals surface area contributed by atoms with Crippen LogP contribution in [0.15, 0.2) is 35.4 Å². The van der Waals surface area contributed by atoms with E-state index in [1.54, 1.807) is 24.3 Å². The Bertz CT molecular complexity index is 1050. The maximum absolute atomic E-state index is 12.2.